The lowest BCUT2D eigenvalue weighted by Gasteiger charge is -2.36. The molecule has 0 heteroatoms. The van der Waals surface area contributed by atoms with E-state index in [4.69, 9.17) is 0 Å². The Morgan fingerprint density at radius 2 is 1.08 bits per heavy atom. The molecule has 0 N–H and O–H groups in total. The number of hydrogen-bond acceptors (Lipinski definition) is 0. The average Bonchev–Trinajstić information content (AvgIpc) is 2.32. The molecule has 0 spiro atoms. The van der Waals surface area contributed by atoms with E-state index in [-0.39, 0.29) is 0 Å². The third kappa shape index (κ3) is 1.25. The summed E-state index contributed by atoms with van der Waals surface area (Å²) in [5.41, 5.74) is 0. The Hall–Kier alpha value is 0. The molecule has 13 heavy (non-hydrogen) atoms. The fourth-order valence-electron chi connectivity index (χ4n) is 4.38. The van der Waals surface area contributed by atoms with Crippen molar-refractivity contribution in [3.05, 3.63) is 0 Å². The summed E-state index contributed by atoms with van der Waals surface area (Å²) < 4.78 is 0. The van der Waals surface area contributed by atoms with E-state index in [1.807, 2.05) is 0 Å². The highest BCUT2D eigenvalue weighted by Gasteiger charge is 2.51. The van der Waals surface area contributed by atoms with Crippen molar-refractivity contribution in [3.63, 3.8) is 0 Å². The monoisotopic (exact) mass is 180 g/mol. The molecule has 0 radical (unpaired) electrons. The van der Waals surface area contributed by atoms with Gasteiger partial charge in [0.1, 0.15) is 0 Å². The molecule has 76 valence electrons. The molecule has 0 heterocycles. The molecule has 0 aliphatic heterocycles. The number of fused-ring (bicyclic) bond motifs is 1. The molecular formula is C13H24. The molecule has 0 nitrogen and oxygen atoms in total. The zero-order valence-corrected chi connectivity index (χ0v) is 9.42. The van der Waals surface area contributed by atoms with Gasteiger partial charge >= 0.3 is 0 Å². The maximum atomic E-state index is 2.40. The maximum absolute atomic E-state index is 2.40. The highest BCUT2D eigenvalue weighted by atomic mass is 14.6. The highest BCUT2D eigenvalue weighted by molar-refractivity contribution is 5.00. The predicted octanol–water partition coefficient (Wildman–Crippen LogP) is 4.10. The van der Waals surface area contributed by atoms with Crippen LogP contribution < -0.4 is 0 Å². The van der Waals surface area contributed by atoms with Crippen molar-refractivity contribution in [2.45, 2.75) is 52.9 Å². The second-order valence-corrected chi connectivity index (χ2v) is 5.12. The zero-order chi connectivity index (χ0) is 9.42. The van der Waals surface area contributed by atoms with E-state index in [0.29, 0.717) is 0 Å². The molecule has 2 aliphatic rings. The minimum atomic E-state index is 1.08. The Labute approximate surface area is 83.1 Å². The van der Waals surface area contributed by atoms with Gasteiger partial charge in [-0.25, -0.2) is 0 Å². The van der Waals surface area contributed by atoms with Gasteiger partial charge in [0.05, 0.1) is 0 Å². The van der Waals surface area contributed by atoms with E-state index in [1.165, 1.54) is 19.3 Å². The van der Waals surface area contributed by atoms with Crippen molar-refractivity contribution in [3.8, 4) is 0 Å². The Kier molecular flexibility index (Phi) is 2.67. The SMILES string of the molecule is CCC1C(CC)C2CCC2C1CC. The Morgan fingerprint density at radius 3 is 1.31 bits per heavy atom. The second-order valence-electron chi connectivity index (χ2n) is 5.12. The first-order chi connectivity index (χ1) is 6.33. The third-order valence-corrected chi connectivity index (χ3v) is 5.00. The zero-order valence-electron chi connectivity index (χ0n) is 9.42. The first-order valence-electron chi connectivity index (χ1n) is 6.33. The summed E-state index contributed by atoms with van der Waals surface area (Å²) in [6.45, 7) is 7.21. The summed E-state index contributed by atoms with van der Waals surface area (Å²) in [6.07, 6.45) is 7.42. The summed E-state index contributed by atoms with van der Waals surface area (Å²) in [5, 5.41) is 0. The second kappa shape index (κ2) is 3.63. The van der Waals surface area contributed by atoms with Crippen LogP contribution in [0.5, 0.6) is 0 Å². The first kappa shape index (κ1) is 9.55. The summed E-state index contributed by atoms with van der Waals surface area (Å²) in [7, 11) is 0. The van der Waals surface area contributed by atoms with Gasteiger partial charge in [-0.3, -0.25) is 0 Å². The summed E-state index contributed by atoms with van der Waals surface area (Å²) in [4.78, 5) is 0. The van der Waals surface area contributed by atoms with Gasteiger partial charge in [0.25, 0.3) is 0 Å². The quantitative estimate of drug-likeness (QED) is 0.613. The van der Waals surface area contributed by atoms with Crippen LogP contribution in [0.4, 0.5) is 0 Å². The van der Waals surface area contributed by atoms with Crippen molar-refractivity contribution in [2.24, 2.45) is 29.6 Å². The van der Waals surface area contributed by atoms with E-state index in [0.717, 1.165) is 29.6 Å². The molecule has 0 saturated heterocycles. The molecule has 0 aromatic heterocycles. The van der Waals surface area contributed by atoms with Crippen LogP contribution in [-0.2, 0) is 0 Å². The molecule has 0 amide bonds. The summed E-state index contributed by atoms with van der Waals surface area (Å²) >= 11 is 0. The molecule has 0 aromatic rings. The van der Waals surface area contributed by atoms with Crippen molar-refractivity contribution < 1.29 is 0 Å². The van der Waals surface area contributed by atoms with Crippen LogP contribution in [0.1, 0.15) is 52.9 Å². The molecule has 2 aliphatic carbocycles. The minimum Gasteiger partial charge on any atom is -0.0651 e. The van der Waals surface area contributed by atoms with Gasteiger partial charge in [-0.15, -0.1) is 0 Å². The van der Waals surface area contributed by atoms with Crippen LogP contribution in [-0.4, -0.2) is 0 Å². The molecule has 4 atom stereocenters. The molecule has 2 fully saturated rings. The van der Waals surface area contributed by atoms with Crippen LogP contribution in [0.3, 0.4) is 0 Å². The lowest BCUT2D eigenvalue weighted by Crippen LogP contribution is -2.27. The Morgan fingerprint density at radius 1 is 0.692 bits per heavy atom. The number of rotatable bonds is 3. The normalized spacial score (nSPS) is 48.7. The van der Waals surface area contributed by atoms with Crippen LogP contribution >= 0.6 is 0 Å². The van der Waals surface area contributed by atoms with E-state index in [2.05, 4.69) is 20.8 Å². The summed E-state index contributed by atoms with van der Waals surface area (Å²) in [5.74, 6) is 5.54. The van der Waals surface area contributed by atoms with Gasteiger partial charge in [0.15, 0.2) is 0 Å². The van der Waals surface area contributed by atoms with Gasteiger partial charge in [0.2, 0.25) is 0 Å². The van der Waals surface area contributed by atoms with Crippen LogP contribution in [0.15, 0.2) is 0 Å². The Balaban J connectivity index is 2.12. The molecular weight excluding hydrogens is 156 g/mol. The molecule has 0 aromatic carbocycles. The standard InChI is InChI=1S/C13H24/c1-4-9-10(5-2)12-7-8-13(12)11(9)6-3/h9-13H,4-8H2,1-3H3. The average molecular weight is 180 g/mol. The molecule has 2 rings (SSSR count). The van der Waals surface area contributed by atoms with E-state index >= 15 is 0 Å². The number of hydrogen-bond donors (Lipinski definition) is 0. The van der Waals surface area contributed by atoms with Gasteiger partial charge in [-0.1, -0.05) is 40.0 Å². The van der Waals surface area contributed by atoms with Gasteiger partial charge in [-0.2, -0.15) is 0 Å². The molecule has 0 bridgehead atoms. The van der Waals surface area contributed by atoms with Crippen LogP contribution in [0, 0.1) is 29.6 Å². The third-order valence-electron chi connectivity index (χ3n) is 5.00. The topological polar surface area (TPSA) is 0 Å². The van der Waals surface area contributed by atoms with Gasteiger partial charge < -0.3 is 0 Å². The smallest absolute Gasteiger partial charge is 0.0352 e. The van der Waals surface area contributed by atoms with Crippen molar-refractivity contribution in [1.29, 1.82) is 0 Å². The highest BCUT2D eigenvalue weighted by Crippen LogP contribution is 2.59. The van der Waals surface area contributed by atoms with Gasteiger partial charge in [0, 0.05) is 0 Å². The maximum Gasteiger partial charge on any atom is -0.0352 e. The first-order valence-corrected chi connectivity index (χ1v) is 6.33. The van der Waals surface area contributed by atoms with Crippen molar-refractivity contribution in [1.82, 2.24) is 0 Å². The van der Waals surface area contributed by atoms with Crippen molar-refractivity contribution >= 4 is 0 Å². The summed E-state index contributed by atoms with van der Waals surface area (Å²) in [6, 6.07) is 0. The van der Waals surface area contributed by atoms with E-state index < -0.39 is 0 Å². The predicted molar refractivity (Wildman–Crippen MR) is 57.6 cm³/mol. The van der Waals surface area contributed by atoms with E-state index in [1.54, 1.807) is 12.8 Å². The minimum absolute atomic E-state index is 1.08. The largest absolute Gasteiger partial charge is 0.0651 e. The lowest BCUT2D eigenvalue weighted by atomic mass is 9.69. The van der Waals surface area contributed by atoms with E-state index in [9.17, 15) is 0 Å². The van der Waals surface area contributed by atoms with Gasteiger partial charge in [-0.05, 0) is 42.4 Å². The van der Waals surface area contributed by atoms with Crippen LogP contribution in [0.25, 0.3) is 0 Å². The molecule has 4 unspecified atom stereocenters. The lowest BCUT2D eigenvalue weighted by molar-refractivity contribution is 0.140. The van der Waals surface area contributed by atoms with Crippen molar-refractivity contribution in [2.75, 3.05) is 0 Å². The fraction of sp³-hybridized carbons (Fsp3) is 1.00. The molecule has 2 saturated carbocycles. The van der Waals surface area contributed by atoms with Crippen LogP contribution in [0.2, 0.25) is 0 Å². The Bertz CT molecular complexity index is 155. The fourth-order valence-corrected chi connectivity index (χ4v) is 4.38.